The van der Waals surface area contributed by atoms with Crippen molar-refractivity contribution < 1.29 is 9.53 Å². The number of ether oxygens (including phenoxy) is 1. The molecule has 1 aliphatic carbocycles. The monoisotopic (exact) mass is 450 g/mol. The fraction of sp³-hybridized carbons (Fsp3) is 0.519. The van der Waals surface area contributed by atoms with Gasteiger partial charge in [0.2, 0.25) is 0 Å². The number of carbonyl (C=O) groups excluding carboxylic acids is 1. The molecule has 1 saturated carbocycles. The van der Waals surface area contributed by atoms with E-state index in [0.29, 0.717) is 23.4 Å². The topological polar surface area (TPSA) is 75.1 Å². The number of aldehydes is 1. The molecule has 1 aromatic rings. The minimum atomic E-state index is 0.306. The number of benzene rings is 1. The number of rotatable bonds is 10. The maximum Gasteiger partial charge on any atom is 0.185 e. The Morgan fingerprint density at radius 3 is 2.42 bits per heavy atom. The maximum absolute atomic E-state index is 11.5. The van der Waals surface area contributed by atoms with Crippen molar-refractivity contribution in [2.75, 3.05) is 26.3 Å². The van der Waals surface area contributed by atoms with E-state index in [-0.39, 0.29) is 0 Å². The second-order valence-electron chi connectivity index (χ2n) is 9.11. The van der Waals surface area contributed by atoms with Crippen LogP contribution in [0.3, 0.4) is 0 Å². The van der Waals surface area contributed by atoms with E-state index in [1.165, 1.54) is 37.7 Å². The van der Waals surface area contributed by atoms with Crippen LogP contribution in [0.5, 0.6) is 0 Å². The van der Waals surface area contributed by atoms with E-state index >= 15 is 0 Å². The second-order valence-corrected chi connectivity index (χ2v) is 9.11. The van der Waals surface area contributed by atoms with Gasteiger partial charge in [0.15, 0.2) is 12.1 Å². The number of aliphatic imine (C=N–C) groups is 1. The highest BCUT2D eigenvalue weighted by molar-refractivity contribution is 6.27. The third-order valence-electron chi connectivity index (χ3n) is 6.37. The molecule has 0 spiro atoms. The van der Waals surface area contributed by atoms with E-state index in [2.05, 4.69) is 58.6 Å². The lowest BCUT2D eigenvalue weighted by atomic mass is 9.89. The fourth-order valence-electron chi connectivity index (χ4n) is 4.25. The minimum Gasteiger partial charge on any atom is -0.381 e. The summed E-state index contributed by atoms with van der Waals surface area (Å²) in [6.07, 6.45) is 13.0. The first kappa shape index (κ1) is 24.9. The molecule has 1 heterocycles. The molecule has 0 amide bonds. The lowest BCUT2D eigenvalue weighted by Gasteiger charge is -2.22. The summed E-state index contributed by atoms with van der Waals surface area (Å²) in [6, 6.07) is 8.30. The number of nitrogens with one attached hydrogen (secondary N) is 2. The van der Waals surface area contributed by atoms with Gasteiger partial charge < -0.3 is 15.5 Å². The van der Waals surface area contributed by atoms with E-state index in [1.54, 1.807) is 6.08 Å². The number of hydrogen-bond acceptors (Lipinski definition) is 5. The Bertz CT molecular complexity index is 845. The molecule has 2 aliphatic rings. The zero-order chi connectivity index (χ0) is 23.3. The van der Waals surface area contributed by atoms with E-state index in [1.807, 2.05) is 6.08 Å². The van der Waals surface area contributed by atoms with Gasteiger partial charge in [0, 0.05) is 31.9 Å². The number of aryl methyl sites for hydroxylation is 1. The van der Waals surface area contributed by atoms with Gasteiger partial charge >= 0.3 is 0 Å². The van der Waals surface area contributed by atoms with Gasteiger partial charge in [0.25, 0.3) is 0 Å². The fourth-order valence-corrected chi connectivity index (χ4v) is 4.25. The number of hydrogen-bond donors (Lipinski definition) is 2. The van der Waals surface area contributed by atoms with E-state index in [4.69, 9.17) is 4.74 Å². The van der Waals surface area contributed by atoms with Gasteiger partial charge in [-0.1, -0.05) is 55.7 Å². The van der Waals surface area contributed by atoms with Crippen LogP contribution in [-0.4, -0.2) is 44.1 Å². The Morgan fingerprint density at radius 2 is 1.73 bits per heavy atom. The zero-order valence-electron chi connectivity index (χ0n) is 19.9. The van der Waals surface area contributed by atoms with Gasteiger partial charge in [-0.05, 0) is 56.6 Å². The molecule has 0 atom stereocenters. The zero-order valence-corrected chi connectivity index (χ0v) is 19.9. The van der Waals surface area contributed by atoms with Crippen molar-refractivity contribution in [1.82, 2.24) is 10.7 Å². The summed E-state index contributed by atoms with van der Waals surface area (Å²) in [5.41, 5.74) is 6.85. The van der Waals surface area contributed by atoms with Gasteiger partial charge in [-0.2, -0.15) is 5.10 Å². The summed E-state index contributed by atoms with van der Waals surface area (Å²) in [5.74, 6) is 1.51. The van der Waals surface area contributed by atoms with Crippen molar-refractivity contribution in [3.8, 4) is 0 Å². The minimum absolute atomic E-state index is 0.306. The molecule has 0 bridgehead atoms. The standard InChI is InChI=1S/C27H38N4O2/c1-21-8-11-25(12-9-21)26(31-29-19-23-6-4-3-5-7-23)13-10-22(2)30-27(20-32)28-18-24-14-16-33-17-15-24/h8-13,20,23-24,29H,2-7,14-19H2,1H3,(H,28,30)/b13-10-,31-26+. The van der Waals surface area contributed by atoms with Crippen LogP contribution in [-0.2, 0) is 9.53 Å². The summed E-state index contributed by atoms with van der Waals surface area (Å²) >= 11 is 0. The summed E-state index contributed by atoms with van der Waals surface area (Å²) in [5, 5.41) is 7.84. The molecule has 1 saturated heterocycles. The lowest BCUT2D eigenvalue weighted by Crippen LogP contribution is -2.33. The number of hydrazone groups is 1. The summed E-state index contributed by atoms with van der Waals surface area (Å²) < 4.78 is 5.39. The highest BCUT2D eigenvalue weighted by atomic mass is 16.5. The summed E-state index contributed by atoms with van der Waals surface area (Å²) in [6.45, 7) is 9.26. The first-order chi connectivity index (χ1) is 16.1. The Labute approximate surface area is 198 Å². The van der Waals surface area contributed by atoms with Crippen molar-refractivity contribution in [2.24, 2.45) is 21.9 Å². The SMILES string of the molecule is C=C(/C=C\C(=N/NCC1CCCCC1)c1ccc(C)cc1)/N=C(\C=O)NCC1CCOCC1. The molecule has 2 fully saturated rings. The molecule has 0 unspecified atom stereocenters. The third-order valence-corrected chi connectivity index (χ3v) is 6.37. The average Bonchev–Trinajstić information content (AvgIpc) is 2.85. The van der Waals surface area contributed by atoms with Crippen LogP contribution in [0.2, 0.25) is 0 Å². The molecule has 6 heteroatoms. The van der Waals surface area contributed by atoms with Gasteiger partial charge in [-0.25, -0.2) is 4.99 Å². The van der Waals surface area contributed by atoms with Gasteiger partial charge in [-0.3, -0.25) is 4.79 Å². The van der Waals surface area contributed by atoms with Crippen LogP contribution in [0, 0.1) is 18.8 Å². The highest BCUT2D eigenvalue weighted by Crippen LogP contribution is 2.22. The smallest absolute Gasteiger partial charge is 0.185 e. The Morgan fingerprint density at radius 1 is 1.03 bits per heavy atom. The first-order valence-electron chi connectivity index (χ1n) is 12.2. The maximum atomic E-state index is 11.5. The number of carbonyl (C=O) groups is 1. The van der Waals surface area contributed by atoms with E-state index in [9.17, 15) is 4.79 Å². The van der Waals surface area contributed by atoms with Crippen LogP contribution >= 0.6 is 0 Å². The molecule has 0 radical (unpaired) electrons. The number of nitrogens with zero attached hydrogens (tertiary/aromatic N) is 2. The van der Waals surface area contributed by atoms with Crippen LogP contribution in [0.15, 0.2) is 58.8 Å². The Balaban J connectivity index is 1.62. The number of allylic oxidation sites excluding steroid dienone is 2. The van der Waals surface area contributed by atoms with Crippen molar-refractivity contribution in [3.63, 3.8) is 0 Å². The van der Waals surface area contributed by atoms with E-state index < -0.39 is 0 Å². The van der Waals surface area contributed by atoms with Crippen LogP contribution in [0.4, 0.5) is 0 Å². The van der Waals surface area contributed by atoms with Crippen molar-refractivity contribution in [2.45, 2.75) is 51.9 Å². The van der Waals surface area contributed by atoms with Crippen LogP contribution in [0.1, 0.15) is 56.1 Å². The van der Waals surface area contributed by atoms with Crippen LogP contribution in [0.25, 0.3) is 0 Å². The van der Waals surface area contributed by atoms with Gasteiger partial charge in [0.05, 0.1) is 11.4 Å². The molecule has 1 aromatic carbocycles. The first-order valence-corrected chi connectivity index (χ1v) is 12.2. The van der Waals surface area contributed by atoms with Crippen molar-refractivity contribution >= 4 is 17.8 Å². The van der Waals surface area contributed by atoms with Crippen LogP contribution < -0.4 is 10.7 Å². The molecular formula is C27H38N4O2. The predicted octanol–water partition coefficient (Wildman–Crippen LogP) is 4.55. The second kappa shape index (κ2) is 13.7. The lowest BCUT2D eigenvalue weighted by molar-refractivity contribution is -0.102. The summed E-state index contributed by atoms with van der Waals surface area (Å²) in [4.78, 5) is 15.8. The third kappa shape index (κ3) is 8.97. The normalized spacial score (nSPS) is 18.9. The average molecular weight is 451 g/mol. The Kier molecular flexibility index (Phi) is 10.4. The predicted molar refractivity (Wildman–Crippen MR) is 136 cm³/mol. The molecule has 33 heavy (non-hydrogen) atoms. The molecule has 178 valence electrons. The molecule has 3 rings (SSSR count). The van der Waals surface area contributed by atoms with Crippen molar-refractivity contribution in [1.29, 1.82) is 0 Å². The highest BCUT2D eigenvalue weighted by Gasteiger charge is 2.14. The van der Waals surface area contributed by atoms with Gasteiger partial charge in [0.1, 0.15) is 0 Å². The molecule has 1 aliphatic heterocycles. The molecular weight excluding hydrogens is 412 g/mol. The van der Waals surface area contributed by atoms with E-state index in [0.717, 1.165) is 56.7 Å². The largest absolute Gasteiger partial charge is 0.381 e. The Hall–Kier alpha value is -2.73. The summed E-state index contributed by atoms with van der Waals surface area (Å²) in [7, 11) is 0. The number of amidine groups is 1. The molecule has 6 nitrogen and oxygen atoms in total. The van der Waals surface area contributed by atoms with Crippen molar-refractivity contribution in [3.05, 3.63) is 59.8 Å². The quantitative estimate of drug-likeness (QED) is 0.180. The van der Waals surface area contributed by atoms with Gasteiger partial charge in [-0.15, -0.1) is 0 Å². The molecule has 0 aromatic heterocycles. The molecule has 2 N–H and O–H groups in total.